The molecule has 2 aromatic heterocycles. The molecular weight excluding hydrogens is 328 g/mol. The molecule has 7 nitrogen and oxygen atoms in total. The maximum Gasteiger partial charge on any atom is 0.320 e. The molecular formula is C19H24N6O. The summed E-state index contributed by atoms with van der Waals surface area (Å²) in [6.07, 6.45) is 6.51. The number of amides is 2. The number of urea groups is 1. The van der Waals surface area contributed by atoms with Crippen molar-refractivity contribution in [2.45, 2.75) is 25.8 Å². The maximum atomic E-state index is 12.8. The molecule has 0 unspecified atom stereocenters. The van der Waals surface area contributed by atoms with Crippen LogP contribution in [-0.2, 0) is 13.0 Å². The standard InChI is InChI=1S/C19H24N6O/c1-23(2)18-15-7-11-25(19(26)24-9-3-4-10-24)13-16(15)21-17(22-18)14-6-5-8-20-12-14/h5-6,8,12H,3-4,7,9-11,13H2,1-2H3. The quantitative estimate of drug-likeness (QED) is 0.829. The van der Waals surface area contributed by atoms with Crippen LogP contribution in [0.3, 0.4) is 0 Å². The molecule has 2 aromatic rings. The number of hydrogen-bond donors (Lipinski definition) is 0. The summed E-state index contributed by atoms with van der Waals surface area (Å²) in [7, 11) is 3.99. The predicted octanol–water partition coefficient (Wildman–Crippen LogP) is 2.18. The first-order chi connectivity index (χ1) is 12.6. The number of nitrogens with zero attached hydrogens (tertiary/aromatic N) is 6. The Labute approximate surface area is 153 Å². The van der Waals surface area contributed by atoms with Crippen LogP contribution in [0.25, 0.3) is 11.4 Å². The van der Waals surface area contributed by atoms with Gasteiger partial charge in [0.2, 0.25) is 0 Å². The van der Waals surface area contributed by atoms with Crippen LogP contribution in [0.2, 0.25) is 0 Å². The van der Waals surface area contributed by atoms with Crippen molar-refractivity contribution in [1.82, 2.24) is 24.8 Å². The summed E-state index contributed by atoms with van der Waals surface area (Å²) >= 11 is 0. The highest BCUT2D eigenvalue weighted by molar-refractivity contribution is 5.75. The fraction of sp³-hybridized carbons (Fsp3) is 0.474. The molecule has 1 saturated heterocycles. The van der Waals surface area contributed by atoms with Crippen molar-refractivity contribution in [2.75, 3.05) is 38.6 Å². The lowest BCUT2D eigenvalue weighted by atomic mass is 10.0. The van der Waals surface area contributed by atoms with Crippen LogP contribution >= 0.6 is 0 Å². The fourth-order valence-electron chi connectivity index (χ4n) is 3.68. The summed E-state index contributed by atoms with van der Waals surface area (Å²) in [5.41, 5.74) is 2.98. The molecule has 0 spiro atoms. The first kappa shape index (κ1) is 16.8. The zero-order valence-electron chi connectivity index (χ0n) is 15.4. The molecule has 0 aliphatic carbocycles. The molecule has 4 heterocycles. The van der Waals surface area contributed by atoms with E-state index in [2.05, 4.69) is 4.98 Å². The lowest BCUT2D eigenvalue weighted by Gasteiger charge is -2.33. The van der Waals surface area contributed by atoms with Crippen molar-refractivity contribution in [3.05, 3.63) is 35.8 Å². The largest absolute Gasteiger partial charge is 0.362 e. The van der Waals surface area contributed by atoms with Gasteiger partial charge in [-0.1, -0.05) is 0 Å². The second kappa shape index (κ2) is 6.90. The Hall–Kier alpha value is -2.70. The highest BCUT2D eigenvalue weighted by Gasteiger charge is 2.29. The van der Waals surface area contributed by atoms with Gasteiger partial charge in [-0.25, -0.2) is 14.8 Å². The number of aromatic nitrogens is 3. The van der Waals surface area contributed by atoms with Crippen LogP contribution in [0, 0.1) is 0 Å². The molecule has 2 aliphatic heterocycles. The van der Waals surface area contributed by atoms with E-state index < -0.39 is 0 Å². The third-order valence-electron chi connectivity index (χ3n) is 5.03. The first-order valence-electron chi connectivity index (χ1n) is 9.15. The van der Waals surface area contributed by atoms with Gasteiger partial charge in [-0.3, -0.25) is 4.98 Å². The summed E-state index contributed by atoms with van der Waals surface area (Å²) in [5, 5.41) is 0. The summed E-state index contributed by atoms with van der Waals surface area (Å²) in [4.78, 5) is 32.4. The highest BCUT2D eigenvalue weighted by Crippen LogP contribution is 2.29. The Bertz CT molecular complexity index is 801. The second-order valence-electron chi connectivity index (χ2n) is 7.08. The van der Waals surface area contributed by atoms with E-state index in [1.165, 1.54) is 0 Å². The monoisotopic (exact) mass is 352 g/mol. The van der Waals surface area contributed by atoms with Crippen molar-refractivity contribution < 1.29 is 4.79 Å². The van der Waals surface area contributed by atoms with E-state index in [4.69, 9.17) is 9.97 Å². The third kappa shape index (κ3) is 3.09. The molecule has 7 heteroatoms. The number of carbonyl (C=O) groups excluding carboxylic acids is 1. The van der Waals surface area contributed by atoms with Gasteiger partial charge >= 0.3 is 6.03 Å². The van der Waals surface area contributed by atoms with Crippen LogP contribution in [0.15, 0.2) is 24.5 Å². The minimum absolute atomic E-state index is 0.140. The van der Waals surface area contributed by atoms with E-state index in [1.807, 2.05) is 40.9 Å². The second-order valence-corrected chi connectivity index (χ2v) is 7.08. The lowest BCUT2D eigenvalue weighted by molar-refractivity contribution is 0.156. The molecule has 26 heavy (non-hydrogen) atoms. The third-order valence-corrected chi connectivity index (χ3v) is 5.03. The molecule has 4 rings (SSSR count). The van der Waals surface area contributed by atoms with E-state index in [0.29, 0.717) is 12.4 Å². The summed E-state index contributed by atoms with van der Waals surface area (Å²) < 4.78 is 0. The van der Waals surface area contributed by atoms with E-state index in [-0.39, 0.29) is 6.03 Å². The average Bonchev–Trinajstić information content (AvgIpc) is 3.21. The van der Waals surface area contributed by atoms with Crippen LogP contribution in [0.5, 0.6) is 0 Å². The lowest BCUT2D eigenvalue weighted by Crippen LogP contribution is -2.44. The molecule has 136 valence electrons. The number of fused-ring (bicyclic) bond motifs is 1. The molecule has 0 bridgehead atoms. The number of rotatable bonds is 2. The maximum absolute atomic E-state index is 12.8. The summed E-state index contributed by atoms with van der Waals surface area (Å²) in [6.45, 7) is 3.01. The average molecular weight is 352 g/mol. The number of hydrogen-bond acceptors (Lipinski definition) is 5. The SMILES string of the molecule is CN(C)c1nc(-c2cccnc2)nc2c1CCN(C(=O)N1CCCC1)C2. The fourth-order valence-corrected chi connectivity index (χ4v) is 3.68. The number of anilines is 1. The summed E-state index contributed by atoms with van der Waals surface area (Å²) in [6, 6.07) is 3.99. The zero-order valence-corrected chi connectivity index (χ0v) is 15.4. The Morgan fingerprint density at radius 1 is 1.12 bits per heavy atom. The molecule has 0 aromatic carbocycles. The van der Waals surface area contributed by atoms with Gasteiger partial charge in [-0.2, -0.15) is 0 Å². The van der Waals surface area contributed by atoms with Gasteiger partial charge < -0.3 is 14.7 Å². The van der Waals surface area contributed by atoms with E-state index in [1.54, 1.807) is 12.4 Å². The zero-order chi connectivity index (χ0) is 18.1. The molecule has 2 aliphatic rings. The van der Waals surface area contributed by atoms with Crippen molar-refractivity contribution in [2.24, 2.45) is 0 Å². The minimum Gasteiger partial charge on any atom is -0.362 e. The topological polar surface area (TPSA) is 65.5 Å². The van der Waals surface area contributed by atoms with E-state index in [9.17, 15) is 4.79 Å². The van der Waals surface area contributed by atoms with E-state index in [0.717, 1.165) is 61.5 Å². The van der Waals surface area contributed by atoms with Crippen LogP contribution in [-0.4, -0.2) is 64.5 Å². The van der Waals surface area contributed by atoms with Crippen molar-refractivity contribution in [3.8, 4) is 11.4 Å². The molecule has 2 amide bonds. The Balaban J connectivity index is 1.68. The van der Waals surface area contributed by atoms with Gasteiger partial charge in [0.1, 0.15) is 5.82 Å². The van der Waals surface area contributed by atoms with Gasteiger partial charge in [-0.15, -0.1) is 0 Å². The molecule has 0 N–H and O–H groups in total. The van der Waals surface area contributed by atoms with Gasteiger partial charge in [0.15, 0.2) is 5.82 Å². The molecule has 1 fully saturated rings. The molecule has 0 atom stereocenters. The highest BCUT2D eigenvalue weighted by atomic mass is 16.2. The van der Waals surface area contributed by atoms with Gasteiger partial charge in [-0.05, 0) is 31.4 Å². The normalized spacial score (nSPS) is 16.5. The number of likely N-dealkylation sites (tertiary alicyclic amines) is 1. The van der Waals surface area contributed by atoms with Crippen molar-refractivity contribution in [3.63, 3.8) is 0 Å². The number of pyridine rings is 1. The van der Waals surface area contributed by atoms with Crippen molar-refractivity contribution in [1.29, 1.82) is 0 Å². The first-order valence-corrected chi connectivity index (χ1v) is 9.15. The predicted molar refractivity (Wildman–Crippen MR) is 99.9 cm³/mol. The smallest absolute Gasteiger partial charge is 0.320 e. The van der Waals surface area contributed by atoms with Gasteiger partial charge in [0, 0.05) is 57.3 Å². The van der Waals surface area contributed by atoms with Crippen LogP contribution in [0.4, 0.5) is 10.6 Å². The van der Waals surface area contributed by atoms with E-state index >= 15 is 0 Å². The minimum atomic E-state index is 0.140. The van der Waals surface area contributed by atoms with Gasteiger partial charge in [0.05, 0.1) is 12.2 Å². The molecule has 0 radical (unpaired) electrons. The number of carbonyl (C=O) groups is 1. The van der Waals surface area contributed by atoms with Crippen LogP contribution < -0.4 is 4.90 Å². The Morgan fingerprint density at radius 2 is 1.92 bits per heavy atom. The Kier molecular flexibility index (Phi) is 4.44. The van der Waals surface area contributed by atoms with Crippen LogP contribution in [0.1, 0.15) is 24.1 Å². The Morgan fingerprint density at radius 3 is 2.62 bits per heavy atom. The van der Waals surface area contributed by atoms with Gasteiger partial charge in [0.25, 0.3) is 0 Å². The van der Waals surface area contributed by atoms with Crippen molar-refractivity contribution >= 4 is 11.8 Å². The summed E-state index contributed by atoms with van der Waals surface area (Å²) in [5.74, 6) is 1.60. The molecule has 0 saturated carbocycles.